The van der Waals surface area contributed by atoms with Gasteiger partial charge in [0.1, 0.15) is 5.75 Å². The monoisotopic (exact) mass is 410 g/mol. The minimum atomic E-state index is -0.0814. The molecule has 1 fully saturated rings. The maximum Gasteiger partial charge on any atom is 0.279 e. The van der Waals surface area contributed by atoms with E-state index in [-0.39, 0.29) is 18.4 Å². The molecule has 0 bridgehead atoms. The minimum Gasteiger partial charge on any atom is -0.497 e. The summed E-state index contributed by atoms with van der Waals surface area (Å²) in [7, 11) is 3.53. The van der Waals surface area contributed by atoms with Crippen LogP contribution in [0.25, 0.3) is 0 Å². The summed E-state index contributed by atoms with van der Waals surface area (Å²) in [4.78, 5) is 28.2. The quantitative estimate of drug-likeness (QED) is 0.664. The van der Waals surface area contributed by atoms with E-state index in [4.69, 9.17) is 4.74 Å². The van der Waals surface area contributed by atoms with E-state index in [0.29, 0.717) is 19.1 Å². The average molecular weight is 411 g/mol. The third-order valence-corrected chi connectivity index (χ3v) is 5.61. The SMILES string of the molecule is COc1ccc(CN(C(=O)C[NH+](C)CC(=O)Nc2cccc(C)c2C)C2CC2)cc1. The van der Waals surface area contributed by atoms with Gasteiger partial charge in [0.25, 0.3) is 11.8 Å². The van der Waals surface area contributed by atoms with Crippen LogP contribution in [0.15, 0.2) is 42.5 Å². The molecule has 0 radical (unpaired) electrons. The Bertz CT molecular complexity index is 891. The lowest BCUT2D eigenvalue weighted by Gasteiger charge is -2.24. The van der Waals surface area contributed by atoms with Crippen molar-refractivity contribution in [1.29, 1.82) is 0 Å². The van der Waals surface area contributed by atoms with E-state index in [1.54, 1.807) is 7.11 Å². The predicted molar refractivity (Wildman–Crippen MR) is 118 cm³/mol. The van der Waals surface area contributed by atoms with Crippen LogP contribution in [-0.2, 0) is 16.1 Å². The first-order chi connectivity index (χ1) is 14.4. The van der Waals surface area contributed by atoms with Crippen molar-refractivity contribution in [3.05, 3.63) is 59.2 Å². The molecule has 1 atom stereocenters. The Morgan fingerprint density at radius 1 is 1.10 bits per heavy atom. The standard InChI is InChI=1S/C24H31N3O3/c1-17-6-5-7-22(18(17)2)25-23(28)15-26(3)16-24(29)27(20-10-11-20)14-19-8-12-21(30-4)13-9-19/h5-9,12-13,20H,10-11,14-16H2,1-4H3,(H,25,28)/p+1. The van der Waals surface area contributed by atoms with Gasteiger partial charge in [-0.3, -0.25) is 9.59 Å². The third kappa shape index (κ3) is 5.83. The maximum atomic E-state index is 12.9. The van der Waals surface area contributed by atoms with Crippen molar-refractivity contribution in [2.45, 2.75) is 39.3 Å². The highest BCUT2D eigenvalue weighted by atomic mass is 16.5. The van der Waals surface area contributed by atoms with Crippen molar-refractivity contribution < 1.29 is 19.2 Å². The number of methoxy groups -OCH3 is 1. The van der Waals surface area contributed by atoms with Gasteiger partial charge in [-0.15, -0.1) is 0 Å². The Morgan fingerprint density at radius 3 is 2.43 bits per heavy atom. The molecule has 6 heteroatoms. The van der Waals surface area contributed by atoms with Gasteiger partial charge >= 0.3 is 0 Å². The molecular weight excluding hydrogens is 378 g/mol. The Balaban J connectivity index is 1.54. The van der Waals surface area contributed by atoms with Crippen LogP contribution in [0.5, 0.6) is 5.75 Å². The van der Waals surface area contributed by atoms with Gasteiger partial charge in [-0.2, -0.15) is 0 Å². The second-order valence-corrected chi connectivity index (χ2v) is 8.21. The van der Waals surface area contributed by atoms with E-state index >= 15 is 0 Å². The van der Waals surface area contributed by atoms with E-state index in [9.17, 15) is 9.59 Å². The zero-order valence-electron chi connectivity index (χ0n) is 18.3. The molecule has 1 aliphatic rings. The van der Waals surface area contributed by atoms with Crippen LogP contribution in [0.2, 0.25) is 0 Å². The number of hydrogen-bond donors (Lipinski definition) is 2. The summed E-state index contributed by atoms with van der Waals surface area (Å²) in [5.41, 5.74) is 4.13. The molecule has 160 valence electrons. The van der Waals surface area contributed by atoms with Gasteiger partial charge in [0.05, 0.1) is 14.2 Å². The molecule has 6 nitrogen and oxygen atoms in total. The molecule has 0 aliphatic heterocycles. The lowest BCUT2D eigenvalue weighted by molar-refractivity contribution is -0.862. The number of amides is 2. The van der Waals surface area contributed by atoms with Crippen LogP contribution >= 0.6 is 0 Å². The van der Waals surface area contributed by atoms with Crippen molar-refractivity contribution in [2.75, 3.05) is 32.6 Å². The number of ether oxygens (including phenoxy) is 1. The van der Waals surface area contributed by atoms with Crippen LogP contribution in [0, 0.1) is 13.8 Å². The van der Waals surface area contributed by atoms with E-state index < -0.39 is 0 Å². The molecule has 1 unspecified atom stereocenters. The first-order valence-corrected chi connectivity index (χ1v) is 10.5. The summed E-state index contributed by atoms with van der Waals surface area (Å²) >= 11 is 0. The number of carbonyl (C=O) groups excluding carboxylic acids is 2. The van der Waals surface area contributed by atoms with E-state index in [1.807, 2.05) is 68.3 Å². The molecule has 30 heavy (non-hydrogen) atoms. The average Bonchev–Trinajstić information content (AvgIpc) is 3.55. The second kappa shape index (κ2) is 9.76. The van der Waals surface area contributed by atoms with Gasteiger partial charge in [-0.25, -0.2) is 0 Å². The van der Waals surface area contributed by atoms with Gasteiger partial charge in [0.2, 0.25) is 0 Å². The Morgan fingerprint density at radius 2 is 1.80 bits per heavy atom. The molecule has 1 saturated carbocycles. The summed E-state index contributed by atoms with van der Waals surface area (Å²) in [6, 6.07) is 14.0. The molecule has 0 aromatic heterocycles. The molecule has 0 saturated heterocycles. The fourth-order valence-corrected chi connectivity index (χ4v) is 3.51. The summed E-state index contributed by atoms with van der Waals surface area (Å²) in [6.45, 7) is 5.16. The normalized spacial score (nSPS) is 14.1. The zero-order chi connectivity index (χ0) is 21.7. The Labute approximate surface area is 178 Å². The highest BCUT2D eigenvalue weighted by Gasteiger charge is 2.33. The Kier molecular flexibility index (Phi) is 7.11. The molecule has 2 amide bonds. The zero-order valence-corrected chi connectivity index (χ0v) is 18.3. The number of anilines is 1. The number of carbonyl (C=O) groups is 2. The van der Waals surface area contributed by atoms with E-state index in [0.717, 1.165) is 45.9 Å². The first-order valence-electron chi connectivity index (χ1n) is 10.5. The van der Waals surface area contributed by atoms with Crippen molar-refractivity contribution in [3.8, 4) is 5.75 Å². The fourth-order valence-electron chi connectivity index (χ4n) is 3.51. The second-order valence-electron chi connectivity index (χ2n) is 8.21. The molecular formula is C24H32N3O3+. The number of quaternary nitrogens is 1. The molecule has 3 rings (SSSR count). The third-order valence-electron chi connectivity index (χ3n) is 5.61. The highest BCUT2D eigenvalue weighted by Crippen LogP contribution is 2.28. The summed E-state index contributed by atoms with van der Waals surface area (Å²) < 4.78 is 5.21. The number of aryl methyl sites for hydroxylation is 1. The number of nitrogens with one attached hydrogen (secondary N) is 2. The molecule has 2 aromatic rings. The molecule has 2 aromatic carbocycles. The van der Waals surface area contributed by atoms with Crippen LogP contribution in [0.1, 0.15) is 29.5 Å². The molecule has 0 spiro atoms. The minimum absolute atomic E-state index is 0.0814. The lowest BCUT2D eigenvalue weighted by atomic mass is 10.1. The van der Waals surface area contributed by atoms with Crippen molar-refractivity contribution in [2.24, 2.45) is 0 Å². The summed E-state index contributed by atoms with van der Waals surface area (Å²) in [5, 5.41) is 2.97. The largest absolute Gasteiger partial charge is 0.497 e. The van der Waals surface area contributed by atoms with Gasteiger partial charge in [0, 0.05) is 18.3 Å². The van der Waals surface area contributed by atoms with Crippen LogP contribution in [-0.4, -0.2) is 50.0 Å². The summed E-state index contributed by atoms with van der Waals surface area (Å²) in [6.07, 6.45) is 2.10. The maximum absolute atomic E-state index is 12.9. The number of rotatable bonds is 9. The van der Waals surface area contributed by atoms with Crippen LogP contribution in [0.4, 0.5) is 5.69 Å². The van der Waals surface area contributed by atoms with Gasteiger partial charge in [-0.1, -0.05) is 24.3 Å². The number of nitrogens with zero attached hydrogens (tertiary/aromatic N) is 1. The van der Waals surface area contributed by atoms with Crippen LogP contribution < -0.4 is 15.0 Å². The topological polar surface area (TPSA) is 63.1 Å². The van der Waals surface area contributed by atoms with Crippen molar-refractivity contribution in [3.63, 3.8) is 0 Å². The van der Waals surface area contributed by atoms with E-state index in [1.165, 1.54) is 0 Å². The van der Waals surface area contributed by atoms with Gasteiger partial charge in [-0.05, 0) is 61.6 Å². The van der Waals surface area contributed by atoms with Crippen molar-refractivity contribution in [1.82, 2.24) is 4.90 Å². The van der Waals surface area contributed by atoms with Gasteiger partial charge in [0.15, 0.2) is 13.1 Å². The fraction of sp³-hybridized carbons (Fsp3) is 0.417. The molecule has 2 N–H and O–H groups in total. The van der Waals surface area contributed by atoms with Crippen LogP contribution in [0.3, 0.4) is 0 Å². The smallest absolute Gasteiger partial charge is 0.279 e. The van der Waals surface area contributed by atoms with E-state index in [2.05, 4.69) is 5.32 Å². The predicted octanol–water partition coefficient (Wildman–Crippen LogP) is 1.96. The highest BCUT2D eigenvalue weighted by molar-refractivity contribution is 5.92. The summed E-state index contributed by atoms with van der Waals surface area (Å²) in [5.74, 6) is 0.814. The first kappa shape index (κ1) is 21.8. The van der Waals surface area contributed by atoms with Crippen molar-refractivity contribution >= 4 is 17.5 Å². The number of benzene rings is 2. The lowest BCUT2D eigenvalue weighted by Crippen LogP contribution is -3.11. The molecule has 1 aliphatic carbocycles. The Hall–Kier alpha value is -2.86. The number of hydrogen-bond acceptors (Lipinski definition) is 3. The molecule has 0 heterocycles. The number of likely N-dealkylation sites (N-methyl/N-ethyl adjacent to an activating group) is 1. The van der Waals surface area contributed by atoms with Gasteiger partial charge < -0.3 is 19.9 Å².